The molecule has 0 aliphatic heterocycles. The first-order valence-corrected chi connectivity index (χ1v) is 22.9. The first kappa shape index (κ1) is 35.0. The normalized spacial score (nSPS) is 12.2. The number of benzene rings is 9. The van der Waals surface area contributed by atoms with Crippen LogP contribution >= 0.6 is 22.7 Å². The molecule has 294 valence electrons. The Morgan fingerprint density at radius 1 is 0.444 bits per heavy atom. The van der Waals surface area contributed by atoms with Crippen LogP contribution in [0.1, 0.15) is 5.56 Å². The van der Waals surface area contributed by atoms with E-state index in [1.807, 2.05) is 22.7 Å². The van der Waals surface area contributed by atoms with Gasteiger partial charge in [0.05, 0.1) is 28.1 Å². The monoisotopic (exact) mass is 839 g/mol. The molecule has 4 nitrogen and oxygen atoms in total. The fourth-order valence-corrected chi connectivity index (χ4v) is 12.4. The first-order chi connectivity index (χ1) is 31.1. The lowest BCUT2D eigenvalue weighted by atomic mass is 9.96. The quantitative estimate of drug-likeness (QED) is 0.177. The largest absolute Gasteiger partial charge is 0.454 e. The fraction of sp³-hybridized carbons (Fsp3) is 0.0175. The van der Waals surface area contributed by atoms with Crippen LogP contribution < -0.4 is 0 Å². The van der Waals surface area contributed by atoms with E-state index in [4.69, 9.17) is 14.4 Å². The van der Waals surface area contributed by atoms with Crippen molar-refractivity contribution in [2.24, 2.45) is 0 Å². The third kappa shape index (κ3) is 5.08. The predicted molar refractivity (Wildman–Crippen MR) is 268 cm³/mol. The molecule has 0 N–H and O–H groups in total. The Balaban J connectivity index is 1.13. The Morgan fingerprint density at radius 3 is 1.79 bits per heavy atom. The number of nitrogens with zero attached hydrogens (tertiary/aromatic N) is 3. The lowest BCUT2D eigenvalue weighted by Crippen LogP contribution is -2.02. The SMILES string of the molecule is Cc1c(-c2cc(-n3c4ccccc4c4cc5ccccc5cc43)c3oc4ccccc4c3c2)nc(-c2cccc3sc4ccccc4c23)nc1-c1cccc2sc3ccccc3c12. The Hall–Kier alpha value is -7.64. The minimum Gasteiger partial charge on any atom is -0.454 e. The van der Waals surface area contributed by atoms with Gasteiger partial charge < -0.3 is 8.98 Å². The Labute approximate surface area is 368 Å². The van der Waals surface area contributed by atoms with Crippen LogP contribution in [0, 0.1) is 6.92 Å². The fourth-order valence-electron chi connectivity index (χ4n) is 10.1. The van der Waals surface area contributed by atoms with Crippen LogP contribution in [0.3, 0.4) is 0 Å². The summed E-state index contributed by atoms with van der Waals surface area (Å²) in [6.07, 6.45) is 0. The molecule has 0 radical (unpaired) electrons. The summed E-state index contributed by atoms with van der Waals surface area (Å²) < 4.78 is 14.3. The predicted octanol–water partition coefficient (Wildman–Crippen LogP) is 16.7. The molecule has 0 aliphatic rings. The van der Waals surface area contributed by atoms with E-state index in [0.29, 0.717) is 5.82 Å². The molecule has 0 fully saturated rings. The van der Waals surface area contributed by atoms with Crippen LogP contribution in [0.25, 0.3) is 134 Å². The minimum atomic E-state index is 0.707. The van der Waals surface area contributed by atoms with Crippen molar-refractivity contribution in [1.82, 2.24) is 14.5 Å². The van der Waals surface area contributed by atoms with Gasteiger partial charge in [-0.3, -0.25) is 0 Å². The number of para-hydroxylation sites is 2. The van der Waals surface area contributed by atoms with Crippen molar-refractivity contribution in [2.45, 2.75) is 6.92 Å². The zero-order valence-corrected chi connectivity index (χ0v) is 35.5. The van der Waals surface area contributed by atoms with Crippen molar-refractivity contribution in [3.63, 3.8) is 0 Å². The van der Waals surface area contributed by atoms with Crippen molar-refractivity contribution in [3.05, 3.63) is 188 Å². The second kappa shape index (κ2) is 13.2. The van der Waals surface area contributed by atoms with Gasteiger partial charge in [0.2, 0.25) is 0 Å². The van der Waals surface area contributed by atoms with Gasteiger partial charge in [0, 0.05) is 84.1 Å². The van der Waals surface area contributed by atoms with Gasteiger partial charge in [-0.15, -0.1) is 22.7 Å². The molecule has 0 atom stereocenters. The molecule has 14 aromatic rings. The summed E-state index contributed by atoms with van der Waals surface area (Å²) in [4.78, 5) is 11.3. The summed E-state index contributed by atoms with van der Waals surface area (Å²) in [5, 5.41) is 11.8. The maximum absolute atomic E-state index is 6.91. The van der Waals surface area contributed by atoms with E-state index < -0.39 is 0 Å². The molecule has 0 bridgehead atoms. The molecular formula is C57H33N3OS2. The van der Waals surface area contributed by atoms with Gasteiger partial charge in [0.25, 0.3) is 0 Å². The van der Waals surface area contributed by atoms with Gasteiger partial charge >= 0.3 is 0 Å². The number of furan rings is 1. The molecule has 14 rings (SSSR count). The number of rotatable bonds is 4. The second-order valence-electron chi connectivity index (χ2n) is 16.5. The smallest absolute Gasteiger partial charge is 0.161 e. The number of aromatic nitrogens is 3. The summed E-state index contributed by atoms with van der Waals surface area (Å²) in [5.41, 5.74) is 10.9. The summed E-state index contributed by atoms with van der Waals surface area (Å²) >= 11 is 3.65. The van der Waals surface area contributed by atoms with Crippen molar-refractivity contribution in [2.75, 3.05) is 0 Å². The molecule has 6 heteroatoms. The number of fused-ring (bicyclic) bond motifs is 13. The molecule has 0 unspecified atom stereocenters. The average molecular weight is 840 g/mol. The maximum Gasteiger partial charge on any atom is 0.161 e. The third-order valence-corrected chi connectivity index (χ3v) is 15.2. The molecule has 63 heavy (non-hydrogen) atoms. The standard InChI is InChI=1S/C57H33N3OS2/c1-32-54(35-29-43-37-17-5-9-23-47(37)61-56(43)46(31-35)60-44-22-8-4-16-36(44)42-28-33-14-2-3-15-34(33)30-45(42)60)58-57(41-21-13-27-51-53(41)39-19-7-11-25-49(39)63-51)59-55(32)40-20-12-26-50-52(40)38-18-6-10-24-48(38)62-50/h2-31H,1H3. The molecule has 0 spiro atoms. The van der Waals surface area contributed by atoms with E-state index in [2.05, 4.69) is 193 Å². The van der Waals surface area contributed by atoms with Gasteiger partial charge in [0.15, 0.2) is 11.4 Å². The van der Waals surface area contributed by atoms with Gasteiger partial charge in [0.1, 0.15) is 5.58 Å². The van der Waals surface area contributed by atoms with Crippen LogP contribution in [0.5, 0.6) is 0 Å². The van der Waals surface area contributed by atoms with E-state index in [0.717, 1.165) is 72.3 Å². The van der Waals surface area contributed by atoms with Gasteiger partial charge in [-0.2, -0.15) is 0 Å². The average Bonchev–Trinajstić information content (AvgIpc) is 4.10. The maximum atomic E-state index is 6.91. The van der Waals surface area contributed by atoms with Crippen LogP contribution in [-0.2, 0) is 0 Å². The Morgan fingerprint density at radius 2 is 1.03 bits per heavy atom. The number of hydrogen-bond acceptors (Lipinski definition) is 5. The highest BCUT2D eigenvalue weighted by molar-refractivity contribution is 7.26. The van der Waals surface area contributed by atoms with E-state index >= 15 is 0 Å². The summed E-state index contributed by atoms with van der Waals surface area (Å²) in [5.74, 6) is 0.707. The van der Waals surface area contributed by atoms with E-state index in [9.17, 15) is 0 Å². The molecule has 0 aliphatic carbocycles. The first-order valence-electron chi connectivity index (χ1n) is 21.2. The van der Waals surface area contributed by atoms with Gasteiger partial charge in [-0.1, -0.05) is 121 Å². The minimum absolute atomic E-state index is 0.707. The van der Waals surface area contributed by atoms with Gasteiger partial charge in [-0.05, 0) is 78.4 Å². The van der Waals surface area contributed by atoms with Crippen molar-refractivity contribution in [3.8, 4) is 39.6 Å². The number of thiophene rings is 2. The van der Waals surface area contributed by atoms with Crippen molar-refractivity contribution >= 4 is 118 Å². The van der Waals surface area contributed by atoms with Crippen molar-refractivity contribution < 1.29 is 4.42 Å². The van der Waals surface area contributed by atoms with Crippen LogP contribution in [0.15, 0.2) is 186 Å². The molecule has 0 saturated heterocycles. The van der Waals surface area contributed by atoms with Crippen LogP contribution in [-0.4, -0.2) is 14.5 Å². The van der Waals surface area contributed by atoms with Crippen molar-refractivity contribution in [1.29, 1.82) is 0 Å². The topological polar surface area (TPSA) is 43.9 Å². The molecule has 0 saturated carbocycles. The second-order valence-corrected chi connectivity index (χ2v) is 18.6. The Bertz CT molecular complexity index is 4240. The molecular weight excluding hydrogens is 807 g/mol. The highest BCUT2D eigenvalue weighted by Gasteiger charge is 2.25. The van der Waals surface area contributed by atoms with E-state index in [1.54, 1.807) is 0 Å². The highest BCUT2D eigenvalue weighted by atomic mass is 32.1. The summed E-state index contributed by atoms with van der Waals surface area (Å²) in [6, 6.07) is 65.6. The molecule has 0 amide bonds. The van der Waals surface area contributed by atoms with Crippen LogP contribution in [0.2, 0.25) is 0 Å². The molecule has 5 heterocycles. The lowest BCUT2D eigenvalue weighted by Gasteiger charge is -2.17. The molecule has 9 aromatic carbocycles. The molecule has 5 aromatic heterocycles. The van der Waals surface area contributed by atoms with E-state index in [1.165, 1.54) is 61.9 Å². The summed E-state index contributed by atoms with van der Waals surface area (Å²) in [7, 11) is 0. The van der Waals surface area contributed by atoms with E-state index in [-0.39, 0.29) is 0 Å². The number of hydrogen-bond donors (Lipinski definition) is 0. The third-order valence-electron chi connectivity index (χ3n) is 13.0. The zero-order chi connectivity index (χ0) is 41.3. The highest BCUT2D eigenvalue weighted by Crippen LogP contribution is 2.46. The van der Waals surface area contributed by atoms with Gasteiger partial charge in [-0.25, -0.2) is 9.97 Å². The Kier molecular flexibility index (Phi) is 7.32. The summed E-state index contributed by atoms with van der Waals surface area (Å²) in [6.45, 7) is 2.20. The lowest BCUT2D eigenvalue weighted by molar-refractivity contribution is 0.666. The zero-order valence-electron chi connectivity index (χ0n) is 33.9. The van der Waals surface area contributed by atoms with Crippen LogP contribution in [0.4, 0.5) is 0 Å².